The quantitative estimate of drug-likeness (QED) is 0.710. The van der Waals surface area contributed by atoms with E-state index in [1.807, 2.05) is 0 Å². The molecule has 2 heterocycles. The first-order valence-electron chi connectivity index (χ1n) is 7.67. The smallest absolute Gasteiger partial charge is 0.315 e. The van der Waals surface area contributed by atoms with E-state index >= 15 is 0 Å². The summed E-state index contributed by atoms with van der Waals surface area (Å²) in [6.45, 7) is 3.51. The van der Waals surface area contributed by atoms with E-state index in [1.54, 1.807) is 0 Å². The molecule has 0 spiro atoms. The molecule has 7 nitrogen and oxygen atoms in total. The third-order valence-corrected chi connectivity index (χ3v) is 5.36. The zero-order valence-electron chi connectivity index (χ0n) is 13.0. The van der Waals surface area contributed by atoms with Crippen LogP contribution in [0.5, 0.6) is 0 Å². The van der Waals surface area contributed by atoms with E-state index in [9.17, 15) is 13.2 Å². The molecule has 2 amide bonds. The standard InChI is InChI=1S/C14H25N3O4S/c1-22(19,20)17-6-4-12(5-7-17)9-15-14(18)16-10-13-3-2-8-21-11-13/h3,12H,2,4-11H2,1H3,(H2,15,16,18). The number of carbonyl (C=O) groups excluding carboxylic acids is 1. The molecule has 1 fully saturated rings. The molecular formula is C14H25N3O4S. The number of amides is 2. The minimum Gasteiger partial charge on any atom is -0.377 e. The Kier molecular flexibility index (Phi) is 6.22. The third-order valence-electron chi connectivity index (χ3n) is 4.05. The monoisotopic (exact) mass is 331 g/mol. The van der Waals surface area contributed by atoms with E-state index in [0.29, 0.717) is 38.7 Å². The summed E-state index contributed by atoms with van der Waals surface area (Å²) in [6.07, 6.45) is 5.81. The van der Waals surface area contributed by atoms with E-state index in [1.165, 1.54) is 10.6 Å². The summed E-state index contributed by atoms with van der Waals surface area (Å²) in [7, 11) is -3.09. The number of hydrogen-bond donors (Lipinski definition) is 2. The van der Waals surface area contributed by atoms with Crippen molar-refractivity contribution in [1.82, 2.24) is 14.9 Å². The Hall–Kier alpha value is -1.12. The van der Waals surface area contributed by atoms with Crippen molar-refractivity contribution in [3.05, 3.63) is 11.6 Å². The molecule has 22 heavy (non-hydrogen) atoms. The average Bonchev–Trinajstić information content (AvgIpc) is 2.51. The van der Waals surface area contributed by atoms with Gasteiger partial charge < -0.3 is 15.4 Å². The zero-order chi connectivity index (χ0) is 16.0. The lowest BCUT2D eigenvalue weighted by Gasteiger charge is -2.30. The van der Waals surface area contributed by atoms with Gasteiger partial charge >= 0.3 is 6.03 Å². The van der Waals surface area contributed by atoms with Gasteiger partial charge in [-0.15, -0.1) is 0 Å². The predicted molar refractivity (Wildman–Crippen MR) is 84.1 cm³/mol. The molecule has 2 N–H and O–H groups in total. The van der Waals surface area contributed by atoms with Crippen LogP contribution in [0.1, 0.15) is 19.3 Å². The number of nitrogens with zero attached hydrogens (tertiary/aromatic N) is 1. The fourth-order valence-corrected chi connectivity index (χ4v) is 3.54. The Balaban J connectivity index is 1.62. The molecule has 8 heteroatoms. The normalized spacial score (nSPS) is 21.2. The van der Waals surface area contributed by atoms with Crippen LogP contribution in [0.15, 0.2) is 11.6 Å². The highest BCUT2D eigenvalue weighted by Gasteiger charge is 2.24. The summed E-state index contributed by atoms with van der Waals surface area (Å²) in [4.78, 5) is 11.8. The zero-order valence-corrected chi connectivity index (χ0v) is 13.8. The van der Waals surface area contributed by atoms with Crippen molar-refractivity contribution in [3.63, 3.8) is 0 Å². The number of carbonyl (C=O) groups is 1. The average molecular weight is 331 g/mol. The summed E-state index contributed by atoms with van der Waals surface area (Å²) in [5, 5.41) is 5.68. The summed E-state index contributed by atoms with van der Waals surface area (Å²) >= 11 is 0. The van der Waals surface area contributed by atoms with Crippen molar-refractivity contribution in [2.45, 2.75) is 19.3 Å². The summed E-state index contributed by atoms with van der Waals surface area (Å²) in [5.41, 5.74) is 1.10. The van der Waals surface area contributed by atoms with Crippen LogP contribution < -0.4 is 10.6 Å². The van der Waals surface area contributed by atoms with Crippen LogP contribution in [0.25, 0.3) is 0 Å². The van der Waals surface area contributed by atoms with Gasteiger partial charge in [0.1, 0.15) is 0 Å². The lowest BCUT2D eigenvalue weighted by molar-refractivity contribution is 0.149. The van der Waals surface area contributed by atoms with Gasteiger partial charge in [0.15, 0.2) is 0 Å². The van der Waals surface area contributed by atoms with Crippen LogP contribution in [0.3, 0.4) is 0 Å². The highest BCUT2D eigenvalue weighted by molar-refractivity contribution is 7.88. The van der Waals surface area contributed by atoms with E-state index in [-0.39, 0.29) is 6.03 Å². The fourth-order valence-electron chi connectivity index (χ4n) is 2.67. The van der Waals surface area contributed by atoms with Gasteiger partial charge in [0.05, 0.1) is 19.5 Å². The van der Waals surface area contributed by atoms with Crippen LogP contribution in [0.2, 0.25) is 0 Å². The van der Waals surface area contributed by atoms with Gasteiger partial charge in [-0.25, -0.2) is 17.5 Å². The van der Waals surface area contributed by atoms with Crippen LogP contribution in [-0.2, 0) is 14.8 Å². The Bertz CT molecular complexity index is 510. The highest BCUT2D eigenvalue weighted by atomic mass is 32.2. The number of nitrogens with one attached hydrogen (secondary N) is 2. The second kappa shape index (κ2) is 7.94. The molecule has 2 aliphatic heterocycles. The minimum atomic E-state index is -3.09. The van der Waals surface area contributed by atoms with Crippen molar-refractivity contribution in [3.8, 4) is 0 Å². The molecule has 0 atom stereocenters. The van der Waals surface area contributed by atoms with Crippen molar-refractivity contribution in [1.29, 1.82) is 0 Å². The Morgan fingerprint density at radius 1 is 1.36 bits per heavy atom. The van der Waals surface area contributed by atoms with Gasteiger partial charge in [0.2, 0.25) is 10.0 Å². The first kappa shape index (κ1) is 17.2. The van der Waals surface area contributed by atoms with Crippen LogP contribution in [-0.4, -0.2) is 64.4 Å². The van der Waals surface area contributed by atoms with Gasteiger partial charge in [0.25, 0.3) is 0 Å². The summed E-state index contributed by atoms with van der Waals surface area (Å²) in [5.74, 6) is 0.334. The van der Waals surface area contributed by atoms with E-state index < -0.39 is 10.0 Å². The van der Waals surface area contributed by atoms with Crippen LogP contribution in [0.4, 0.5) is 4.79 Å². The first-order chi connectivity index (χ1) is 10.4. The SMILES string of the molecule is CS(=O)(=O)N1CCC(CNC(=O)NCC2=CCCOC2)CC1. The van der Waals surface area contributed by atoms with E-state index in [0.717, 1.165) is 31.4 Å². The molecule has 2 rings (SSSR count). The van der Waals surface area contributed by atoms with E-state index in [2.05, 4.69) is 16.7 Å². The second-order valence-corrected chi connectivity index (χ2v) is 7.86. The van der Waals surface area contributed by atoms with Gasteiger partial charge in [-0.1, -0.05) is 6.08 Å². The maximum absolute atomic E-state index is 11.8. The highest BCUT2D eigenvalue weighted by Crippen LogP contribution is 2.18. The van der Waals surface area contributed by atoms with Gasteiger partial charge in [-0.2, -0.15) is 0 Å². The lowest BCUT2D eigenvalue weighted by Crippen LogP contribution is -2.43. The van der Waals surface area contributed by atoms with E-state index in [4.69, 9.17) is 4.74 Å². The second-order valence-electron chi connectivity index (χ2n) is 5.87. The van der Waals surface area contributed by atoms with Crippen molar-refractivity contribution in [2.24, 2.45) is 5.92 Å². The largest absolute Gasteiger partial charge is 0.377 e. The minimum absolute atomic E-state index is 0.183. The van der Waals surface area contributed by atoms with Gasteiger partial charge in [-0.3, -0.25) is 0 Å². The number of ether oxygens (including phenoxy) is 1. The molecule has 0 aromatic rings. The van der Waals surface area contributed by atoms with Crippen LogP contribution in [0, 0.1) is 5.92 Å². The van der Waals surface area contributed by atoms with Crippen molar-refractivity contribution >= 4 is 16.1 Å². The Morgan fingerprint density at radius 2 is 2.09 bits per heavy atom. The van der Waals surface area contributed by atoms with Crippen molar-refractivity contribution in [2.75, 3.05) is 45.6 Å². The third kappa shape index (κ3) is 5.58. The number of urea groups is 1. The molecule has 0 aromatic carbocycles. The topological polar surface area (TPSA) is 87.7 Å². The number of piperidine rings is 1. The maximum Gasteiger partial charge on any atom is 0.315 e. The van der Waals surface area contributed by atoms with Crippen molar-refractivity contribution < 1.29 is 17.9 Å². The fraction of sp³-hybridized carbons (Fsp3) is 0.786. The van der Waals surface area contributed by atoms with Gasteiger partial charge in [0, 0.05) is 26.2 Å². The number of hydrogen-bond acceptors (Lipinski definition) is 4. The molecular weight excluding hydrogens is 306 g/mol. The first-order valence-corrected chi connectivity index (χ1v) is 9.52. The molecule has 126 valence electrons. The number of sulfonamides is 1. The lowest BCUT2D eigenvalue weighted by atomic mass is 9.98. The summed E-state index contributed by atoms with van der Waals surface area (Å²) < 4.78 is 29.7. The molecule has 0 aliphatic carbocycles. The molecule has 0 unspecified atom stereocenters. The molecule has 0 saturated carbocycles. The Labute approximate surface area is 132 Å². The van der Waals surface area contributed by atoms with Crippen LogP contribution >= 0.6 is 0 Å². The number of rotatable bonds is 5. The molecule has 2 aliphatic rings. The molecule has 0 bridgehead atoms. The predicted octanol–water partition coefficient (Wildman–Crippen LogP) is 0.304. The summed E-state index contributed by atoms with van der Waals surface area (Å²) in [6, 6.07) is -0.183. The van der Waals surface area contributed by atoms with Gasteiger partial charge in [-0.05, 0) is 30.8 Å². The molecule has 1 saturated heterocycles. The maximum atomic E-state index is 11.8. The Morgan fingerprint density at radius 3 is 2.68 bits per heavy atom. The molecule has 0 radical (unpaired) electrons. The molecule has 0 aromatic heterocycles.